The van der Waals surface area contributed by atoms with Gasteiger partial charge in [-0.2, -0.15) is 5.10 Å². The van der Waals surface area contributed by atoms with Crippen molar-refractivity contribution in [2.75, 3.05) is 27.1 Å². The van der Waals surface area contributed by atoms with Gasteiger partial charge in [0.2, 0.25) is 0 Å². The molecule has 3 aromatic rings. The summed E-state index contributed by atoms with van der Waals surface area (Å²) in [5.41, 5.74) is 4.24. The van der Waals surface area contributed by atoms with Crippen molar-refractivity contribution in [2.24, 2.45) is 0 Å². The average Bonchev–Trinajstić information content (AvgIpc) is 3.26. The Bertz CT molecular complexity index is 1030. The fourth-order valence-corrected chi connectivity index (χ4v) is 3.79. The van der Waals surface area contributed by atoms with Crippen LogP contribution in [0.3, 0.4) is 0 Å². The van der Waals surface area contributed by atoms with Gasteiger partial charge in [-0.25, -0.2) is 9.48 Å². The number of para-hydroxylation sites is 1. The molecule has 0 spiro atoms. The van der Waals surface area contributed by atoms with Gasteiger partial charge in [0, 0.05) is 29.7 Å². The van der Waals surface area contributed by atoms with E-state index < -0.39 is 5.97 Å². The van der Waals surface area contributed by atoms with Crippen LogP contribution in [0.15, 0.2) is 48.5 Å². The molecular weight excluding hydrogens is 372 g/mol. The normalized spacial score (nSPS) is 14.5. The van der Waals surface area contributed by atoms with Crippen LogP contribution in [0.2, 0.25) is 0 Å². The number of benzene rings is 2. The van der Waals surface area contributed by atoms with E-state index in [-0.39, 0.29) is 18.4 Å². The first-order valence-electron chi connectivity index (χ1n) is 9.38. The first-order chi connectivity index (χ1) is 14.1. The van der Waals surface area contributed by atoms with E-state index in [2.05, 4.69) is 5.10 Å². The smallest absolute Gasteiger partial charge is 0.356 e. The van der Waals surface area contributed by atoms with Crippen LogP contribution < -0.4 is 4.74 Å². The molecule has 0 saturated heterocycles. The van der Waals surface area contributed by atoms with Crippen molar-refractivity contribution in [1.29, 1.82) is 0 Å². The van der Waals surface area contributed by atoms with Crippen LogP contribution in [0.25, 0.3) is 16.9 Å². The summed E-state index contributed by atoms with van der Waals surface area (Å²) in [6, 6.07) is 15.3. The maximum atomic E-state index is 11.9. The van der Waals surface area contributed by atoms with Gasteiger partial charge in [0.05, 0.1) is 24.6 Å². The molecule has 0 amide bonds. The van der Waals surface area contributed by atoms with E-state index in [1.54, 1.807) is 11.8 Å². The molecule has 1 atom stereocenters. The van der Waals surface area contributed by atoms with Crippen molar-refractivity contribution in [3.8, 4) is 22.7 Å². The van der Waals surface area contributed by atoms with Gasteiger partial charge in [-0.05, 0) is 18.2 Å². The van der Waals surface area contributed by atoms with Crippen molar-refractivity contribution in [2.45, 2.75) is 12.8 Å². The minimum absolute atomic E-state index is 0.0647. The Morgan fingerprint density at radius 1 is 1.10 bits per heavy atom. The maximum Gasteiger partial charge on any atom is 0.356 e. The highest BCUT2D eigenvalue weighted by Gasteiger charge is 2.37. The van der Waals surface area contributed by atoms with Crippen molar-refractivity contribution in [3.05, 3.63) is 65.4 Å². The Morgan fingerprint density at radius 2 is 1.90 bits per heavy atom. The Balaban J connectivity index is 1.77. The summed E-state index contributed by atoms with van der Waals surface area (Å²) < 4.78 is 18.0. The monoisotopic (exact) mass is 394 g/mol. The molecule has 0 fully saturated rings. The third-order valence-corrected chi connectivity index (χ3v) is 5.04. The van der Waals surface area contributed by atoms with Crippen molar-refractivity contribution in [1.82, 2.24) is 9.78 Å². The lowest BCUT2D eigenvalue weighted by atomic mass is 9.97. The standard InChI is InChI=1S/C22H22N2O5/c1-14-18-16(9-6-10-17(18)29-13-28-12-11-27-2)21-19(14)20(22(25)26)23-24(21)15-7-4-3-5-8-15/h3-10,14H,11-13H2,1-2H3,(H,25,26). The largest absolute Gasteiger partial charge is 0.476 e. The molecule has 1 aliphatic rings. The number of methoxy groups -OCH3 is 1. The summed E-state index contributed by atoms with van der Waals surface area (Å²) >= 11 is 0. The molecular formula is C22H22N2O5. The van der Waals surface area contributed by atoms with E-state index in [1.165, 1.54) is 0 Å². The van der Waals surface area contributed by atoms with Crippen LogP contribution in [0, 0.1) is 0 Å². The number of carboxylic acid groups (broad SMARTS) is 1. The Labute approximate surface area is 168 Å². The van der Waals surface area contributed by atoms with Gasteiger partial charge in [-0.15, -0.1) is 0 Å². The second-order valence-electron chi connectivity index (χ2n) is 6.77. The van der Waals surface area contributed by atoms with Gasteiger partial charge >= 0.3 is 5.97 Å². The topological polar surface area (TPSA) is 82.8 Å². The predicted octanol–water partition coefficient (Wildman–Crippen LogP) is 3.70. The molecule has 1 heterocycles. The molecule has 29 heavy (non-hydrogen) atoms. The minimum Gasteiger partial charge on any atom is -0.476 e. The third-order valence-electron chi connectivity index (χ3n) is 5.04. The fourth-order valence-electron chi connectivity index (χ4n) is 3.79. The molecule has 1 aromatic heterocycles. The molecule has 0 aliphatic heterocycles. The van der Waals surface area contributed by atoms with Gasteiger partial charge < -0.3 is 19.3 Å². The van der Waals surface area contributed by atoms with E-state index >= 15 is 0 Å². The average molecular weight is 394 g/mol. The number of aromatic nitrogens is 2. The van der Waals surface area contributed by atoms with Crippen LogP contribution in [-0.2, 0) is 9.47 Å². The van der Waals surface area contributed by atoms with Gasteiger partial charge in [0.15, 0.2) is 12.5 Å². The van der Waals surface area contributed by atoms with E-state index in [9.17, 15) is 9.90 Å². The highest BCUT2D eigenvalue weighted by molar-refractivity contribution is 5.93. The molecule has 1 unspecified atom stereocenters. The summed E-state index contributed by atoms with van der Waals surface area (Å²) in [7, 11) is 1.61. The lowest BCUT2D eigenvalue weighted by molar-refractivity contribution is -0.00887. The number of fused-ring (bicyclic) bond motifs is 3. The van der Waals surface area contributed by atoms with E-state index in [1.807, 2.05) is 55.5 Å². The SMILES string of the molecule is COCCOCOc1cccc2c1C(C)c1c(C(=O)O)nn(-c3ccccc3)c1-2. The zero-order valence-electron chi connectivity index (χ0n) is 16.3. The van der Waals surface area contributed by atoms with Crippen LogP contribution in [0.1, 0.15) is 34.5 Å². The third kappa shape index (κ3) is 3.39. The summed E-state index contributed by atoms with van der Waals surface area (Å²) in [6.45, 7) is 3.01. The molecule has 0 bridgehead atoms. The Hall–Kier alpha value is -3.16. The van der Waals surface area contributed by atoms with Crippen molar-refractivity contribution < 1.29 is 24.1 Å². The summed E-state index contributed by atoms with van der Waals surface area (Å²) in [6.07, 6.45) is 0. The van der Waals surface area contributed by atoms with Gasteiger partial charge in [0.1, 0.15) is 5.75 Å². The number of rotatable bonds is 8. The van der Waals surface area contributed by atoms with E-state index in [0.717, 1.165) is 22.5 Å². The zero-order chi connectivity index (χ0) is 20.4. The first-order valence-corrected chi connectivity index (χ1v) is 9.38. The Kier molecular flexibility index (Phi) is 5.33. The second kappa shape index (κ2) is 8.06. The fraction of sp³-hybridized carbons (Fsp3) is 0.273. The van der Waals surface area contributed by atoms with Gasteiger partial charge in [-0.1, -0.05) is 37.3 Å². The van der Waals surface area contributed by atoms with Crippen LogP contribution in [0.4, 0.5) is 0 Å². The first kappa shape index (κ1) is 19.2. The number of carbonyl (C=O) groups is 1. The molecule has 0 saturated carbocycles. The number of hydrogen-bond donors (Lipinski definition) is 1. The minimum atomic E-state index is -1.04. The molecule has 7 heteroatoms. The second-order valence-corrected chi connectivity index (χ2v) is 6.77. The van der Waals surface area contributed by atoms with Crippen molar-refractivity contribution >= 4 is 5.97 Å². The number of ether oxygens (including phenoxy) is 3. The molecule has 0 radical (unpaired) electrons. The molecule has 150 valence electrons. The highest BCUT2D eigenvalue weighted by atomic mass is 16.7. The number of carboxylic acids is 1. The van der Waals surface area contributed by atoms with Crippen LogP contribution in [-0.4, -0.2) is 48.0 Å². The molecule has 4 rings (SSSR count). The van der Waals surface area contributed by atoms with Crippen LogP contribution >= 0.6 is 0 Å². The molecule has 1 aliphatic carbocycles. The summed E-state index contributed by atoms with van der Waals surface area (Å²) in [5, 5.41) is 14.2. The van der Waals surface area contributed by atoms with E-state index in [0.29, 0.717) is 24.5 Å². The molecule has 2 aromatic carbocycles. The van der Waals surface area contributed by atoms with Crippen LogP contribution in [0.5, 0.6) is 5.75 Å². The quantitative estimate of drug-likeness (QED) is 0.463. The van der Waals surface area contributed by atoms with E-state index in [4.69, 9.17) is 14.2 Å². The van der Waals surface area contributed by atoms with Gasteiger partial charge in [-0.3, -0.25) is 0 Å². The lowest BCUT2D eigenvalue weighted by Crippen LogP contribution is -2.10. The summed E-state index contributed by atoms with van der Waals surface area (Å²) in [4.78, 5) is 11.9. The number of aromatic carboxylic acids is 1. The highest BCUT2D eigenvalue weighted by Crippen LogP contribution is 2.50. The van der Waals surface area contributed by atoms with Gasteiger partial charge in [0.25, 0.3) is 0 Å². The molecule has 7 nitrogen and oxygen atoms in total. The Morgan fingerprint density at radius 3 is 2.62 bits per heavy atom. The number of nitrogens with zero attached hydrogens (tertiary/aromatic N) is 2. The lowest BCUT2D eigenvalue weighted by Gasteiger charge is -2.15. The predicted molar refractivity (Wildman–Crippen MR) is 107 cm³/mol. The molecule has 1 N–H and O–H groups in total. The van der Waals surface area contributed by atoms with Crippen molar-refractivity contribution in [3.63, 3.8) is 0 Å². The number of hydrogen-bond acceptors (Lipinski definition) is 5. The summed E-state index contributed by atoms with van der Waals surface area (Å²) in [5.74, 6) is -0.528. The zero-order valence-corrected chi connectivity index (χ0v) is 16.3. The maximum absolute atomic E-state index is 11.9.